The van der Waals surface area contributed by atoms with Crippen molar-refractivity contribution in [3.63, 3.8) is 0 Å². The zero-order valence-corrected chi connectivity index (χ0v) is 12.2. The highest BCUT2D eigenvalue weighted by atomic mass is 16.5. The molecule has 1 aromatic carbocycles. The van der Waals surface area contributed by atoms with Crippen LogP contribution in [0.2, 0.25) is 0 Å². The van der Waals surface area contributed by atoms with E-state index in [0.29, 0.717) is 19.7 Å². The molecule has 0 atom stereocenters. The van der Waals surface area contributed by atoms with Gasteiger partial charge in [-0.2, -0.15) is 0 Å². The molecule has 0 spiro atoms. The van der Waals surface area contributed by atoms with Crippen molar-refractivity contribution < 1.29 is 9.53 Å². The molecule has 0 radical (unpaired) electrons. The van der Waals surface area contributed by atoms with Crippen molar-refractivity contribution in [3.05, 3.63) is 29.3 Å². The van der Waals surface area contributed by atoms with Gasteiger partial charge in [0.25, 0.3) is 0 Å². The number of hydrogen-bond donors (Lipinski definition) is 2. The molecule has 1 amide bonds. The number of methoxy groups -OCH3 is 1. The van der Waals surface area contributed by atoms with E-state index in [1.165, 1.54) is 16.8 Å². The molecule has 0 aromatic heterocycles. The third-order valence-electron chi connectivity index (χ3n) is 3.42. The monoisotopic (exact) mass is 277 g/mol. The predicted molar refractivity (Wildman–Crippen MR) is 79.9 cm³/mol. The van der Waals surface area contributed by atoms with E-state index in [-0.39, 0.29) is 5.91 Å². The van der Waals surface area contributed by atoms with Gasteiger partial charge in [-0.1, -0.05) is 18.2 Å². The van der Waals surface area contributed by atoms with Crippen LogP contribution in [-0.4, -0.2) is 51.2 Å². The molecule has 1 aliphatic rings. The van der Waals surface area contributed by atoms with E-state index >= 15 is 0 Å². The molecular weight excluding hydrogens is 254 g/mol. The standard InChI is InChI=1S/C15H23N3O2/c1-18(11-14(19)16-8-9-20-2)10-13-5-3-4-12-6-7-17-15(12)13/h3-5,17H,6-11H2,1-2H3,(H,16,19). The number of ether oxygens (including phenoxy) is 1. The average molecular weight is 277 g/mol. The second-order valence-electron chi connectivity index (χ2n) is 5.14. The minimum absolute atomic E-state index is 0.0325. The SMILES string of the molecule is COCCNC(=O)CN(C)Cc1cccc2c1NCC2. The lowest BCUT2D eigenvalue weighted by Gasteiger charge is -2.18. The van der Waals surface area contributed by atoms with Crippen LogP contribution in [0.1, 0.15) is 11.1 Å². The first-order chi connectivity index (χ1) is 9.70. The van der Waals surface area contributed by atoms with Crippen LogP contribution < -0.4 is 10.6 Å². The maximum absolute atomic E-state index is 11.7. The number of carbonyl (C=O) groups excluding carboxylic acids is 1. The molecule has 0 unspecified atom stereocenters. The first kappa shape index (κ1) is 14.8. The van der Waals surface area contributed by atoms with Gasteiger partial charge >= 0.3 is 0 Å². The topological polar surface area (TPSA) is 53.6 Å². The van der Waals surface area contributed by atoms with Crippen LogP contribution in [0.3, 0.4) is 0 Å². The summed E-state index contributed by atoms with van der Waals surface area (Å²) in [7, 11) is 3.59. The Labute approximate surface area is 120 Å². The molecular formula is C15H23N3O2. The summed E-state index contributed by atoms with van der Waals surface area (Å²) in [6.07, 6.45) is 1.09. The van der Waals surface area contributed by atoms with Crippen LogP contribution in [0.5, 0.6) is 0 Å². The molecule has 1 heterocycles. The normalized spacial score (nSPS) is 13.2. The number of nitrogens with one attached hydrogen (secondary N) is 2. The van der Waals surface area contributed by atoms with Gasteiger partial charge in [0.1, 0.15) is 0 Å². The zero-order valence-electron chi connectivity index (χ0n) is 12.2. The summed E-state index contributed by atoms with van der Waals surface area (Å²) in [5.41, 5.74) is 3.88. The van der Waals surface area contributed by atoms with Crippen molar-refractivity contribution in [1.82, 2.24) is 10.2 Å². The summed E-state index contributed by atoms with van der Waals surface area (Å²) in [5.74, 6) is 0.0325. The number of nitrogens with zero attached hydrogens (tertiary/aromatic N) is 1. The maximum Gasteiger partial charge on any atom is 0.234 e. The minimum atomic E-state index is 0.0325. The van der Waals surface area contributed by atoms with Gasteiger partial charge in [-0.15, -0.1) is 0 Å². The molecule has 2 rings (SSSR count). The molecule has 20 heavy (non-hydrogen) atoms. The summed E-state index contributed by atoms with van der Waals surface area (Å²) in [5, 5.41) is 6.26. The van der Waals surface area contributed by atoms with Crippen molar-refractivity contribution >= 4 is 11.6 Å². The van der Waals surface area contributed by atoms with Crippen molar-refractivity contribution in [1.29, 1.82) is 0 Å². The van der Waals surface area contributed by atoms with Gasteiger partial charge in [-0.25, -0.2) is 0 Å². The molecule has 0 fully saturated rings. The summed E-state index contributed by atoms with van der Waals surface area (Å²) in [4.78, 5) is 13.8. The number of benzene rings is 1. The van der Waals surface area contributed by atoms with Crippen molar-refractivity contribution in [2.75, 3.05) is 45.7 Å². The third-order valence-corrected chi connectivity index (χ3v) is 3.42. The van der Waals surface area contributed by atoms with Gasteiger partial charge in [0.15, 0.2) is 0 Å². The molecule has 0 saturated carbocycles. The zero-order chi connectivity index (χ0) is 14.4. The molecule has 2 N–H and O–H groups in total. The Morgan fingerprint density at radius 1 is 1.50 bits per heavy atom. The Kier molecular flexibility index (Phi) is 5.38. The van der Waals surface area contributed by atoms with Crippen molar-refractivity contribution in [2.45, 2.75) is 13.0 Å². The maximum atomic E-state index is 11.7. The van der Waals surface area contributed by atoms with E-state index in [2.05, 4.69) is 28.8 Å². The number of hydrogen-bond acceptors (Lipinski definition) is 4. The largest absolute Gasteiger partial charge is 0.384 e. The Morgan fingerprint density at radius 2 is 2.35 bits per heavy atom. The number of amides is 1. The molecule has 0 bridgehead atoms. The first-order valence-electron chi connectivity index (χ1n) is 6.99. The summed E-state index contributed by atoms with van der Waals surface area (Å²) in [6, 6.07) is 6.38. The quantitative estimate of drug-likeness (QED) is 0.726. The average Bonchev–Trinajstić information content (AvgIpc) is 2.88. The molecule has 0 saturated heterocycles. The summed E-state index contributed by atoms with van der Waals surface area (Å²) < 4.78 is 4.91. The predicted octanol–water partition coefficient (Wildman–Crippen LogP) is 0.849. The lowest BCUT2D eigenvalue weighted by Crippen LogP contribution is -2.36. The molecule has 110 valence electrons. The third kappa shape index (κ3) is 3.95. The van der Waals surface area contributed by atoms with E-state index in [9.17, 15) is 4.79 Å². The lowest BCUT2D eigenvalue weighted by molar-refractivity contribution is -0.122. The second-order valence-corrected chi connectivity index (χ2v) is 5.14. The molecule has 0 aliphatic carbocycles. The van der Waals surface area contributed by atoms with E-state index in [0.717, 1.165) is 19.5 Å². The first-order valence-corrected chi connectivity index (χ1v) is 6.99. The van der Waals surface area contributed by atoms with Crippen LogP contribution in [0.15, 0.2) is 18.2 Å². The number of rotatable bonds is 7. The highest BCUT2D eigenvalue weighted by Gasteiger charge is 2.15. The van der Waals surface area contributed by atoms with Gasteiger partial charge in [0.2, 0.25) is 5.91 Å². The molecule has 5 heteroatoms. The number of para-hydroxylation sites is 1. The number of carbonyl (C=O) groups is 1. The van der Waals surface area contributed by atoms with Gasteiger partial charge in [0, 0.05) is 32.4 Å². The molecule has 1 aromatic rings. The van der Waals surface area contributed by atoms with Crippen LogP contribution in [-0.2, 0) is 22.5 Å². The van der Waals surface area contributed by atoms with Crippen molar-refractivity contribution in [3.8, 4) is 0 Å². The molecule has 1 aliphatic heterocycles. The van der Waals surface area contributed by atoms with E-state index in [1.54, 1.807) is 7.11 Å². The Balaban J connectivity index is 1.84. The van der Waals surface area contributed by atoms with Gasteiger partial charge in [-0.05, 0) is 24.6 Å². The van der Waals surface area contributed by atoms with Crippen LogP contribution >= 0.6 is 0 Å². The van der Waals surface area contributed by atoms with Crippen LogP contribution in [0.25, 0.3) is 0 Å². The lowest BCUT2D eigenvalue weighted by atomic mass is 10.1. The van der Waals surface area contributed by atoms with E-state index in [4.69, 9.17) is 4.74 Å². The Bertz CT molecular complexity index is 462. The van der Waals surface area contributed by atoms with Crippen LogP contribution in [0, 0.1) is 0 Å². The number of likely N-dealkylation sites (N-methyl/N-ethyl adjacent to an activating group) is 1. The minimum Gasteiger partial charge on any atom is -0.384 e. The van der Waals surface area contributed by atoms with Crippen LogP contribution in [0.4, 0.5) is 5.69 Å². The highest BCUT2D eigenvalue weighted by molar-refractivity contribution is 5.78. The van der Waals surface area contributed by atoms with Gasteiger partial charge in [0.05, 0.1) is 13.2 Å². The fourth-order valence-corrected chi connectivity index (χ4v) is 2.48. The van der Waals surface area contributed by atoms with Crippen molar-refractivity contribution in [2.24, 2.45) is 0 Å². The Morgan fingerprint density at radius 3 is 3.15 bits per heavy atom. The molecule has 5 nitrogen and oxygen atoms in total. The smallest absolute Gasteiger partial charge is 0.234 e. The number of fused-ring (bicyclic) bond motifs is 1. The van der Waals surface area contributed by atoms with E-state index < -0.39 is 0 Å². The highest BCUT2D eigenvalue weighted by Crippen LogP contribution is 2.26. The second kappa shape index (κ2) is 7.26. The summed E-state index contributed by atoms with van der Waals surface area (Å²) in [6.45, 7) is 3.28. The van der Waals surface area contributed by atoms with Gasteiger partial charge < -0.3 is 15.4 Å². The fraction of sp³-hybridized carbons (Fsp3) is 0.533. The summed E-state index contributed by atoms with van der Waals surface area (Å²) >= 11 is 0. The number of anilines is 1. The van der Waals surface area contributed by atoms with E-state index in [1.807, 2.05) is 11.9 Å². The fourth-order valence-electron chi connectivity index (χ4n) is 2.48. The van der Waals surface area contributed by atoms with Gasteiger partial charge in [-0.3, -0.25) is 9.69 Å². The Hall–Kier alpha value is -1.59.